The van der Waals surface area contributed by atoms with Crippen LogP contribution in [-0.2, 0) is 0 Å². The summed E-state index contributed by atoms with van der Waals surface area (Å²) in [6, 6.07) is 20.2. The lowest BCUT2D eigenvalue weighted by atomic mass is 10.1. The van der Waals surface area contributed by atoms with Gasteiger partial charge < -0.3 is 14.8 Å². The van der Waals surface area contributed by atoms with Gasteiger partial charge in [-0.25, -0.2) is 0 Å². The van der Waals surface area contributed by atoms with Crippen molar-refractivity contribution in [2.75, 3.05) is 27.2 Å². The fourth-order valence-corrected chi connectivity index (χ4v) is 2.36. The second-order valence-corrected chi connectivity index (χ2v) is 5.54. The third kappa shape index (κ3) is 4.68. The minimum absolute atomic E-state index is 0. The fraction of sp³-hybridized carbons (Fsp3) is 0.211. The highest BCUT2D eigenvalue weighted by molar-refractivity contribution is 5.85. The molecule has 0 aliphatic heterocycles. The fourth-order valence-electron chi connectivity index (χ4n) is 2.36. The number of nitrogens with zero attached hydrogens (tertiary/aromatic N) is 2. The Hall–Kier alpha value is -2.14. The van der Waals surface area contributed by atoms with Crippen LogP contribution in [0.25, 0.3) is 22.3 Å². The van der Waals surface area contributed by atoms with Crippen LogP contribution in [0.2, 0.25) is 0 Å². The molecule has 0 saturated carbocycles. The number of rotatable bonds is 4. The Kier molecular flexibility index (Phi) is 7.65. The van der Waals surface area contributed by atoms with Gasteiger partial charge in [-0.1, -0.05) is 42.5 Å². The molecule has 4 nitrogen and oxygen atoms in total. The highest BCUT2D eigenvalue weighted by Crippen LogP contribution is 2.21. The molecule has 0 unspecified atom stereocenters. The predicted octanol–water partition coefficient (Wildman–Crippen LogP) is 3.16. The van der Waals surface area contributed by atoms with Crippen LogP contribution in [-0.4, -0.2) is 37.6 Å². The number of hydrogen-bond donors (Lipinski definition) is 0. The molecule has 128 valence electrons. The summed E-state index contributed by atoms with van der Waals surface area (Å²) in [5.41, 5.74) is 1.93. The van der Waals surface area contributed by atoms with Gasteiger partial charge in [-0.05, 0) is 26.2 Å². The van der Waals surface area contributed by atoms with Crippen LogP contribution in [0.15, 0.2) is 70.1 Å². The molecule has 0 bridgehead atoms. The van der Waals surface area contributed by atoms with Gasteiger partial charge in [0.15, 0.2) is 0 Å². The van der Waals surface area contributed by atoms with Gasteiger partial charge >= 0.3 is 0 Å². The van der Waals surface area contributed by atoms with Gasteiger partial charge in [0.1, 0.15) is 11.3 Å². The standard InChI is InChI=1S/C19H20N2O.ClH.H2O/c1-21(2)13-12-20-17-14-19(15-8-4-3-5-9-15)22-18-11-7-6-10-16(17)18;;/h3-11,14H,12-13H2,1-2H3;1H;1H2. The summed E-state index contributed by atoms with van der Waals surface area (Å²) in [6.07, 6.45) is 0. The monoisotopic (exact) mass is 346 g/mol. The summed E-state index contributed by atoms with van der Waals surface area (Å²) in [6.45, 7) is 1.70. The first-order valence-corrected chi connectivity index (χ1v) is 7.47. The third-order valence-electron chi connectivity index (χ3n) is 3.54. The molecular weight excluding hydrogens is 324 g/mol. The molecule has 0 radical (unpaired) electrons. The van der Waals surface area contributed by atoms with Crippen molar-refractivity contribution in [3.8, 4) is 11.3 Å². The Morgan fingerprint density at radius 3 is 2.33 bits per heavy atom. The van der Waals surface area contributed by atoms with Crippen molar-refractivity contribution < 1.29 is 9.89 Å². The van der Waals surface area contributed by atoms with Crippen LogP contribution in [0.4, 0.5) is 0 Å². The molecule has 24 heavy (non-hydrogen) atoms. The second kappa shape index (κ2) is 9.23. The van der Waals surface area contributed by atoms with Crippen molar-refractivity contribution in [1.29, 1.82) is 0 Å². The molecule has 2 N–H and O–H groups in total. The van der Waals surface area contributed by atoms with Gasteiger partial charge in [0.05, 0.1) is 11.9 Å². The Balaban J connectivity index is 0.00000144. The highest BCUT2D eigenvalue weighted by Gasteiger charge is 2.04. The predicted molar refractivity (Wildman–Crippen MR) is 101 cm³/mol. The van der Waals surface area contributed by atoms with E-state index in [2.05, 4.69) is 37.2 Å². The number of fused-ring (bicyclic) bond motifs is 1. The van der Waals surface area contributed by atoms with Crippen molar-refractivity contribution in [2.45, 2.75) is 0 Å². The minimum Gasteiger partial charge on any atom is -0.456 e. The maximum atomic E-state index is 6.05. The highest BCUT2D eigenvalue weighted by atomic mass is 35.5. The van der Waals surface area contributed by atoms with Crippen LogP contribution in [0, 0.1) is 0 Å². The molecule has 0 spiro atoms. The van der Waals surface area contributed by atoms with Gasteiger partial charge in [-0.2, -0.15) is 0 Å². The molecule has 0 aliphatic carbocycles. The van der Waals surface area contributed by atoms with Crippen LogP contribution < -0.4 is 5.36 Å². The van der Waals surface area contributed by atoms with Gasteiger partial charge in [0, 0.05) is 23.6 Å². The van der Waals surface area contributed by atoms with Crippen molar-refractivity contribution in [1.82, 2.24) is 4.90 Å². The lowest BCUT2D eigenvalue weighted by Crippen LogP contribution is -2.17. The number of halogens is 1. The lowest BCUT2D eigenvalue weighted by molar-refractivity contribution is 0.419. The molecule has 2 aromatic carbocycles. The summed E-state index contributed by atoms with van der Waals surface area (Å²) < 4.78 is 6.05. The first-order chi connectivity index (χ1) is 10.7. The molecule has 3 aromatic rings. The van der Waals surface area contributed by atoms with Crippen LogP contribution in [0.5, 0.6) is 0 Å². The summed E-state index contributed by atoms with van der Waals surface area (Å²) in [5.74, 6) is 0.850. The van der Waals surface area contributed by atoms with E-state index in [1.165, 1.54) is 0 Å². The van der Waals surface area contributed by atoms with Crippen LogP contribution in [0.3, 0.4) is 0 Å². The minimum atomic E-state index is 0. The maximum Gasteiger partial charge on any atom is 0.136 e. The molecule has 1 heterocycles. The number of benzene rings is 2. The number of hydrogen-bond acceptors (Lipinski definition) is 3. The normalized spacial score (nSPS) is 11.2. The maximum absolute atomic E-state index is 6.05. The number of likely N-dealkylation sites (N-methyl/N-ethyl adjacent to an activating group) is 1. The average Bonchev–Trinajstić information content (AvgIpc) is 2.55. The van der Waals surface area contributed by atoms with Gasteiger partial charge in [0.25, 0.3) is 0 Å². The molecule has 0 fully saturated rings. The van der Waals surface area contributed by atoms with Crippen LogP contribution in [0.1, 0.15) is 0 Å². The van der Waals surface area contributed by atoms with Crippen molar-refractivity contribution in [2.24, 2.45) is 4.99 Å². The summed E-state index contributed by atoms with van der Waals surface area (Å²) in [4.78, 5) is 6.90. The molecule has 0 amide bonds. The van der Waals surface area contributed by atoms with E-state index in [4.69, 9.17) is 9.41 Å². The van der Waals surface area contributed by atoms with Crippen molar-refractivity contribution >= 4 is 23.4 Å². The average molecular weight is 347 g/mol. The smallest absolute Gasteiger partial charge is 0.136 e. The Labute approximate surface area is 148 Å². The van der Waals surface area contributed by atoms with Crippen molar-refractivity contribution in [3.05, 3.63) is 66.0 Å². The molecule has 0 aliphatic rings. The quantitative estimate of drug-likeness (QED) is 0.728. The van der Waals surface area contributed by atoms with E-state index >= 15 is 0 Å². The zero-order valence-electron chi connectivity index (χ0n) is 13.9. The molecule has 3 rings (SSSR count). The summed E-state index contributed by atoms with van der Waals surface area (Å²) >= 11 is 0. The van der Waals surface area contributed by atoms with Crippen molar-refractivity contribution in [3.63, 3.8) is 0 Å². The van der Waals surface area contributed by atoms with E-state index in [-0.39, 0.29) is 17.9 Å². The van der Waals surface area contributed by atoms with E-state index < -0.39 is 0 Å². The van der Waals surface area contributed by atoms with Crippen LogP contribution >= 0.6 is 12.4 Å². The Morgan fingerprint density at radius 1 is 0.958 bits per heavy atom. The molecular formula is C19H23ClN2O2. The van der Waals surface area contributed by atoms with E-state index in [9.17, 15) is 0 Å². The summed E-state index contributed by atoms with van der Waals surface area (Å²) in [7, 11) is 4.12. The molecule has 0 saturated heterocycles. The third-order valence-corrected chi connectivity index (χ3v) is 3.54. The van der Waals surface area contributed by atoms with E-state index in [1.54, 1.807) is 0 Å². The topological polar surface area (TPSA) is 60.2 Å². The second-order valence-electron chi connectivity index (χ2n) is 5.54. The molecule has 5 heteroatoms. The van der Waals surface area contributed by atoms with E-state index in [0.717, 1.165) is 40.7 Å². The number of para-hydroxylation sites is 1. The van der Waals surface area contributed by atoms with Gasteiger partial charge in [-0.3, -0.25) is 4.99 Å². The van der Waals surface area contributed by atoms with E-state index in [0.29, 0.717) is 0 Å². The largest absolute Gasteiger partial charge is 0.456 e. The SMILES string of the molecule is CN(C)CCN=c1cc(-c2ccccc2)oc2ccccc12.Cl.O. The Bertz CT molecular complexity index is 829. The molecule has 0 atom stereocenters. The van der Waals surface area contributed by atoms with Gasteiger partial charge in [0.2, 0.25) is 0 Å². The zero-order valence-corrected chi connectivity index (χ0v) is 14.7. The first-order valence-electron chi connectivity index (χ1n) is 7.47. The zero-order chi connectivity index (χ0) is 15.4. The lowest BCUT2D eigenvalue weighted by Gasteiger charge is -2.07. The van der Waals surface area contributed by atoms with E-state index in [1.807, 2.05) is 42.5 Å². The Morgan fingerprint density at radius 2 is 1.62 bits per heavy atom. The molecule has 1 aromatic heterocycles. The first kappa shape index (κ1) is 19.9. The summed E-state index contributed by atoms with van der Waals surface area (Å²) in [5, 5.41) is 2.04. The van der Waals surface area contributed by atoms with Gasteiger partial charge in [-0.15, -0.1) is 12.4 Å².